The molecular weight excluding hydrogens is 365 g/mol. The molecule has 0 aliphatic carbocycles. The molecule has 8 heteroatoms. The maximum absolute atomic E-state index is 12.5. The van der Waals surface area contributed by atoms with E-state index in [-0.39, 0.29) is 29.7 Å². The minimum absolute atomic E-state index is 0.0592. The van der Waals surface area contributed by atoms with E-state index in [1.807, 2.05) is 4.90 Å². The minimum Gasteiger partial charge on any atom is -0.508 e. The maximum Gasteiger partial charge on any atom is 0.242 e. The van der Waals surface area contributed by atoms with Gasteiger partial charge in [-0.15, -0.1) is 0 Å². The maximum atomic E-state index is 12.5. The Morgan fingerprint density at radius 3 is 2.64 bits per heavy atom. The van der Waals surface area contributed by atoms with Crippen LogP contribution in [0.2, 0.25) is 10.0 Å². The fraction of sp³-hybridized carbons (Fsp3) is 0.588. The summed E-state index contributed by atoms with van der Waals surface area (Å²) < 4.78 is 5.36. The second-order valence-corrected chi connectivity index (χ2v) is 7.41. The molecule has 2 fully saturated rings. The number of hydrogen-bond donors (Lipinski definition) is 3. The number of phenols is 1. The summed E-state index contributed by atoms with van der Waals surface area (Å²) in [5.74, 6) is 0.316. The summed E-state index contributed by atoms with van der Waals surface area (Å²) in [5, 5.41) is 14.0. The topological polar surface area (TPSA) is 87.8 Å². The SMILES string of the molecule is N[C@@H](c1cc(Cl)c(Cl)cc1O)C1CCN(C(=O)C2COCCN2)CC1. The second-order valence-electron chi connectivity index (χ2n) is 6.60. The Morgan fingerprint density at radius 1 is 1.32 bits per heavy atom. The van der Waals surface area contributed by atoms with Crippen molar-refractivity contribution in [2.45, 2.75) is 24.9 Å². The number of phenolic OH excluding ortho intramolecular Hbond substituents is 1. The molecule has 1 amide bonds. The highest BCUT2D eigenvalue weighted by Gasteiger charge is 2.32. The lowest BCUT2D eigenvalue weighted by Crippen LogP contribution is -2.54. The van der Waals surface area contributed by atoms with E-state index in [9.17, 15) is 9.90 Å². The molecule has 1 aromatic carbocycles. The van der Waals surface area contributed by atoms with Gasteiger partial charge in [-0.1, -0.05) is 23.2 Å². The van der Waals surface area contributed by atoms with Crippen LogP contribution in [0.5, 0.6) is 5.75 Å². The highest BCUT2D eigenvalue weighted by atomic mass is 35.5. The number of nitrogens with one attached hydrogen (secondary N) is 1. The van der Waals surface area contributed by atoms with Crippen molar-refractivity contribution in [3.05, 3.63) is 27.7 Å². The van der Waals surface area contributed by atoms with Gasteiger partial charge in [0.2, 0.25) is 5.91 Å². The molecule has 4 N–H and O–H groups in total. The van der Waals surface area contributed by atoms with E-state index in [1.54, 1.807) is 6.07 Å². The first-order valence-electron chi connectivity index (χ1n) is 8.50. The van der Waals surface area contributed by atoms with E-state index < -0.39 is 0 Å². The quantitative estimate of drug-likeness (QED) is 0.737. The van der Waals surface area contributed by atoms with Crippen LogP contribution in [0.15, 0.2) is 12.1 Å². The fourth-order valence-corrected chi connectivity index (χ4v) is 3.83. The van der Waals surface area contributed by atoms with Crippen molar-refractivity contribution in [2.75, 3.05) is 32.8 Å². The number of carbonyl (C=O) groups excluding carboxylic acids is 1. The van der Waals surface area contributed by atoms with Crippen molar-refractivity contribution >= 4 is 29.1 Å². The summed E-state index contributed by atoms with van der Waals surface area (Å²) in [6.07, 6.45) is 1.56. The van der Waals surface area contributed by atoms with Crippen molar-refractivity contribution in [2.24, 2.45) is 11.7 Å². The number of aromatic hydroxyl groups is 1. The van der Waals surface area contributed by atoms with Crippen molar-refractivity contribution in [3.63, 3.8) is 0 Å². The number of morpholine rings is 1. The van der Waals surface area contributed by atoms with Crippen LogP contribution in [-0.2, 0) is 9.53 Å². The third kappa shape index (κ3) is 4.20. The Hall–Kier alpha value is -1.05. The average molecular weight is 388 g/mol. The molecule has 2 atom stereocenters. The molecule has 0 bridgehead atoms. The third-order valence-corrected chi connectivity index (χ3v) is 5.73. The number of benzene rings is 1. The van der Waals surface area contributed by atoms with Crippen molar-refractivity contribution in [1.82, 2.24) is 10.2 Å². The van der Waals surface area contributed by atoms with E-state index in [1.165, 1.54) is 6.07 Å². The molecule has 2 aliphatic rings. The molecule has 25 heavy (non-hydrogen) atoms. The predicted octanol–water partition coefficient (Wildman–Crippen LogP) is 1.93. The minimum atomic E-state index is -0.344. The molecule has 138 valence electrons. The monoisotopic (exact) mass is 387 g/mol. The Kier molecular flexibility index (Phi) is 6.07. The van der Waals surface area contributed by atoms with Gasteiger partial charge in [-0.2, -0.15) is 0 Å². The first-order valence-corrected chi connectivity index (χ1v) is 9.26. The molecule has 2 aliphatic heterocycles. The van der Waals surface area contributed by atoms with Crippen LogP contribution < -0.4 is 11.1 Å². The highest BCUT2D eigenvalue weighted by Crippen LogP contribution is 2.37. The van der Waals surface area contributed by atoms with Gasteiger partial charge < -0.3 is 25.8 Å². The normalized spacial score (nSPS) is 23.5. The number of nitrogens with zero attached hydrogens (tertiary/aromatic N) is 1. The molecule has 0 aromatic heterocycles. The fourth-order valence-electron chi connectivity index (χ4n) is 3.50. The van der Waals surface area contributed by atoms with Crippen LogP contribution in [0, 0.1) is 5.92 Å². The van der Waals surface area contributed by atoms with Crippen molar-refractivity contribution in [3.8, 4) is 5.75 Å². The zero-order valence-corrected chi connectivity index (χ0v) is 15.4. The van der Waals surface area contributed by atoms with E-state index in [0.717, 1.165) is 12.8 Å². The van der Waals surface area contributed by atoms with Crippen LogP contribution in [0.25, 0.3) is 0 Å². The van der Waals surface area contributed by atoms with Gasteiger partial charge in [0.1, 0.15) is 11.8 Å². The lowest BCUT2D eigenvalue weighted by molar-refractivity contribution is -0.137. The summed E-state index contributed by atoms with van der Waals surface area (Å²) in [4.78, 5) is 14.4. The summed E-state index contributed by atoms with van der Waals surface area (Å²) in [5.41, 5.74) is 6.95. The van der Waals surface area contributed by atoms with E-state index >= 15 is 0 Å². The van der Waals surface area contributed by atoms with Gasteiger partial charge in [0.15, 0.2) is 0 Å². The van der Waals surface area contributed by atoms with Crippen LogP contribution in [0.1, 0.15) is 24.4 Å². The number of amides is 1. The van der Waals surface area contributed by atoms with Crippen LogP contribution in [0.3, 0.4) is 0 Å². The number of ether oxygens (including phenoxy) is 1. The summed E-state index contributed by atoms with van der Waals surface area (Å²) in [6, 6.07) is 2.46. The number of likely N-dealkylation sites (tertiary alicyclic amines) is 1. The van der Waals surface area contributed by atoms with Crippen LogP contribution >= 0.6 is 23.2 Å². The summed E-state index contributed by atoms with van der Waals surface area (Å²) in [7, 11) is 0. The van der Waals surface area contributed by atoms with Gasteiger partial charge in [-0.05, 0) is 24.8 Å². The first kappa shape index (κ1) is 18.7. The molecule has 2 saturated heterocycles. The number of piperidine rings is 1. The Morgan fingerprint density at radius 2 is 2.00 bits per heavy atom. The molecule has 2 heterocycles. The van der Waals surface area contributed by atoms with Gasteiger partial charge in [-0.3, -0.25) is 4.79 Å². The van der Waals surface area contributed by atoms with Crippen LogP contribution in [-0.4, -0.2) is 54.8 Å². The molecule has 1 unspecified atom stereocenters. The lowest BCUT2D eigenvalue weighted by Gasteiger charge is -2.37. The molecule has 0 radical (unpaired) electrons. The van der Waals surface area contributed by atoms with E-state index in [2.05, 4.69) is 5.32 Å². The molecular formula is C17H23Cl2N3O3. The number of halogens is 2. The van der Waals surface area contributed by atoms with E-state index in [0.29, 0.717) is 48.5 Å². The Bertz CT molecular complexity index is 630. The standard InChI is InChI=1S/C17H23Cl2N3O3/c18-12-7-11(15(23)8-13(12)19)16(20)10-1-4-22(5-2-10)17(24)14-9-25-6-3-21-14/h7-8,10,14,16,21,23H,1-6,9,20H2/t14?,16-/m1/s1. The van der Waals surface area contributed by atoms with E-state index in [4.69, 9.17) is 33.7 Å². The largest absolute Gasteiger partial charge is 0.508 e. The Labute approximate surface area is 157 Å². The average Bonchev–Trinajstić information content (AvgIpc) is 2.64. The first-order chi connectivity index (χ1) is 12.0. The lowest BCUT2D eigenvalue weighted by atomic mass is 9.85. The molecule has 6 nitrogen and oxygen atoms in total. The zero-order valence-electron chi connectivity index (χ0n) is 13.9. The van der Waals surface area contributed by atoms with Gasteiger partial charge in [0.05, 0.1) is 23.3 Å². The Balaban J connectivity index is 1.60. The smallest absolute Gasteiger partial charge is 0.242 e. The van der Waals surface area contributed by atoms with Gasteiger partial charge >= 0.3 is 0 Å². The molecule has 0 saturated carbocycles. The highest BCUT2D eigenvalue weighted by molar-refractivity contribution is 6.42. The van der Waals surface area contributed by atoms with Gasteiger partial charge in [0.25, 0.3) is 0 Å². The number of rotatable bonds is 3. The number of hydrogen-bond acceptors (Lipinski definition) is 5. The number of carbonyl (C=O) groups is 1. The van der Waals surface area contributed by atoms with Gasteiger partial charge in [-0.25, -0.2) is 0 Å². The number of nitrogens with two attached hydrogens (primary N) is 1. The zero-order chi connectivity index (χ0) is 18.0. The molecule has 0 spiro atoms. The van der Waals surface area contributed by atoms with Gasteiger partial charge in [0, 0.05) is 37.3 Å². The van der Waals surface area contributed by atoms with Crippen molar-refractivity contribution in [1.29, 1.82) is 0 Å². The van der Waals surface area contributed by atoms with Crippen LogP contribution in [0.4, 0.5) is 0 Å². The van der Waals surface area contributed by atoms with Crippen molar-refractivity contribution < 1.29 is 14.6 Å². The summed E-state index contributed by atoms with van der Waals surface area (Å²) >= 11 is 12.0. The third-order valence-electron chi connectivity index (χ3n) is 5.01. The predicted molar refractivity (Wildman–Crippen MR) is 97.0 cm³/mol. The molecule has 1 aromatic rings. The molecule has 3 rings (SSSR count). The summed E-state index contributed by atoms with van der Waals surface area (Å²) in [6.45, 7) is 3.08. The second kappa shape index (κ2) is 8.10.